The molecule has 3 aromatic heterocycles. The number of carbonyl (C=O) groups is 1. The van der Waals surface area contributed by atoms with Crippen LogP contribution in [0.15, 0.2) is 77.7 Å². The van der Waals surface area contributed by atoms with Crippen LogP contribution in [0, 0.1) is 13.8 Å². The number of furan rings is 1. The van der Waals surface area contributed by atoms with E-state index in [-0.39, 0.29) is 11.9 Å². The van der Waals surface area contributed by atoms with Gasteiger partial charge >= 0.3 is 0 Å². The fourth-order valence-electron chi connectivity index (χ4n) is 4.76. The molecule has 0 unspecified atom stereocenters. The second kappa shape index (κ2) is 10.6. The lowest BCUT2D eigenvalue weighted by atomic mass is 9.95. The van der Waals surface area contributed by atoms with E-state index < -0.39 is 0 Å². The van der Waals surface area contributed by atoms with Crippen molar-refractivity contribution in [3.05, 3.63) is 106 Å². The van der Waals surface area contributed by atoms with E-state index in [1.807, 2.05) is 18.5 Å². The monoisotopic (exact) mass is 486 g/mol. The molecule has 1 aliphatic heterocycles. The molecule has 0 radical (unpaired) electrons. The number of hydrogen-bond donors (Lipinski definition) is 1. The molecule has 1 aliphatic rings. The number of nitrogens with zero attached hydrogens (tertiary/aromatic N) is 3. The Kier molecular flexibility index (Phi) is 7.08. The first-order valence-electron chi connectivity index (χ1n) is 11.9. The van der Waals surface area contributed by atoms with Gasteiger partial charge in [0.1, 0.15) is 5.00 Å². The Balaban J connectivity index is 1.42. The minimum Gasteiger partial charge on any atom is -0.459 e. The molecule has 1 atom stereocenters. The van der Waals surface area contributed by atoms with Crippen LogP contribution in [0.25, 0.3) is 0 Å². The summed E-state index contributed by atoms with van der Waals surface area (Å²) >= 11 is 1.62. The molecular weight excluding hydrogens is 456 g/mol. The first kappa shape index (κ1) is 23.5. The van der Waals surface area contributed by atoms with E-state index in [9.17, 15) is 4.79 Å². The molecule has 0 bridgehead atoms. The third-order valence-electron chi connectivity index (χ3n) is 6.70. The maximum Gasteiger partial charge on any atom is 0.291 e. The van der Waals surface area contributed by atoms with E-state index in [4.69, 9.17) is 4.42 Å². The molecule has 0 spiro atoms. The Morgan fingerprint density at radius 2 is 1.86 bits per heavy atom. The molecule has 1 N–H and O–H groups in total. The number of amides is 1. The number of hydrogen-bond acceptors (Lipinski definition) is 6. The Labute approximate surface area is 210 Å². The molecule has 0 saturated carbocycles. The van der Waals surface area contributed by atoms with Gasteiger partial charge in [-0.2, -0.15) is 0 Å². The van der Waals surface area contributed by atoms with Crippen molar-refractivity contribution in [2.24, 2.45) is 0 Å². The molecule has 7 heteroatoms. The number of benzene rings is 1. The Morgan fingerprint density at radius 3 is 2.54 bits per heavy atom. The van der Waals surface area contributed by atoms with Crippen molar-refractivity contribution in [2.75, 3.05) is 31.5 Å². The Morgan fingerprint density at radius 1 is 1.06 bits per heavy atom. The molecule has 1 saturated heterocycles. The fourth-order valence-corrected chi connectivity index (χ4v) is 5.85. The summed E-state index contributed by atoms with van der Waals surface area (Å²) in [5.41, 5.74) is 4.85. The van der Waals surface area contributed by atoms with Gasteiger partial charge in [-0.15, -0.1) is 11.3 Å². The van der Waals surface area contributed by atoms with Gasteiger partial charge in [0.05, 0.1) is 12.3 Å². The van der Waals surface area contributed by atoms with Crippen LogP contribution in [-0.2, 0) is 6.54 Å². The lowest BCUT2D eigenvalue weighted by Gasteiger charge is -2.40. The van der Waals surface area contributed by atoms with E-state index in [1.165, 1.54) is 22.3 Å². The summed E-state index contributed by atoms with van der Waals surface area (Å²) in [7, 11) is 0. The largest absolute Gasteiger partial charge is 0.459 e. The minimum atomic E-state index is -0.227. The van der Waals surface area contributed by atoms with Crippen molar-refractivity contribution in [1.29, 1.82) is 0 Å². The molecule has 6 nitrogen and oxygen atoms in total. The Hall–Kier alpha value is -3.26. The van der Waals surface area contributed by atoms with Crippen molar-refractivity contribution in [3.63, 3.8) is 0 Å². The maximum absolute atomic E-state index is 12.9. The summed E-state index contributed by atoms with van der Waals surface area (Å²) in [6, 6.07) is 18.2. The van der Waals surface area contributed by atoms with Crippen LogP contribution in [0.4, 0.5) is 5.00 Å². The van der Waals surface area contributed by atoms with Crippen LogP contribution in [0.3, 0.4) is 0 Å². The highest BCUT2D eigenvalue weighted by Crippen LogP contribution is 2.42. The Bertz CT molecular complexity index is 1250. The van der Waals surface area contributed by atoms with E-state index in [0.717, 1.165) is 48.9 Å². The second-order valence-electron chi connectivity index (χ2n) is 8.94. The summed E-state index contributed by atoms with van der Waals surface area (Å²) < 4.78 is 5.33. The minimum absolute atomic E-state index is 0.0134. The average molecular weight is 487 g/mol. The van der Waals surface area contributed by atoms with Crippen molar-refractivity contribution >= 4 is 22.2 Å². The van der Waals surface area contributed by atoms with Crippen LogP contribution in [-0.4, -0.2) is 46.9 Å². The third kappa shape index (κ3) is 5.22. The lowest BCUT2D eigenvalue weighted by molar-refractivity contribution is 0.0994. The standard InChI is InChI=1S/C28H30N4O2S/c1-20-21(2)35-28(30-27(33)24-11-7-17-34-24)25(20)26(23-10-6-12-29-18-23)32-15-13-31(14-16-32)19-22-8-4-3-5-9-22/h3-12,17-18,26H,13-16,19H2,1-2H3,(H,30,33)/t26-/m0/s1. The summed E-state index contributed by atoms with van der Waals surface area (Å²) in [4.78, 5) is 23.5. The quantitative estimate of drug-likeness (QED) is 0.373. The lowest BCUT2D eigenvalue weighted by Crippen LogP contribution is -2.47. The zero-order valence-electron chi connectivity index (χ0n) is 20.1. The predicted octanol–water partition coefficient (Wildman–Crippen LogP) is 5.51. The highest BCUT2D eigenvalue weighted by Gasteiger charge is 2.32. The van der Waals surface area contributed by atoms with Gasteiger partial charge in [0.25, 0.3) is 5.91 Å². The molecule has 0 aliphatic carbocycles. The van der Waals surface area contributed by atoms with E-state index >= 15 is 0 Å². The summed E-state index contributed by atoms with van der Waals surface area (Å²) in [5, 5.41) is 4.01. The van der Waals surface area contributed by atoms with Crippen LogP contribution < -0.4 is 5.32 Å². The number of pyridine rings is 1. The molecule has 1 amide bonds. The van der Waals surface area contributed by atoms with Crippen LogP contribution in [0.5, 0.6) is 0 Å². The smallest absolute Gasteiger partial charge is 0.291 e. The van der Waals surface area contributed by atoms with Gasteiger partial charge in [0.2, 0.25) is 0 Å². The van der Waals surface area contributed by atoms with Gasteiger partial charge in [0.15, 0.2) is 5.76 Å². The second-order valence-corrected chi connectivity index (χ2v) is 10.2. The predicted molar refractivity (Wildman–Crippen MR) is 140 cm³/mol. The highest BCUT2D eigenvalue weighted by atomic mass is 32.1. The molecule has 1 aromatic carbocycles. The maximum atomic E-state index is 12.9. The third-order valence-corrected chi connectivity index (χ3v) is 7.84. The van der Waals surface area contributed by atoms with Crippen LogP contribution >= 0.6 is 11.3 Å². The summed E-state index contributed by atoms with van der Waals surface area (Å²) in [6.07, 6.45) is 5.28. The topological polar surface area (TPSA) is 61.6 Å². The SMILES string of the molecule is Cc1sc(NC(=O)c2ccco2)c([C@H](c2cccnc2)N2CCN(Cc3ccccc3)CC2)c1C. The average Bonchev–Trinajstić information content (AvgIpc) is 3.52. The first-order chi connectivity index (χ1) is 17.1. The number of piperazine rings is 1. The normalized spacial score (nSPS) is 15.7. The van der Waals surface area contributed by atoms with Crippen molar-refractivity contribution in [3.8, 4) is 0 Å². The van der Waals surface area contributed by atoms with E-state index in [2.05, 4.69) is 70.3 Å². The zero-order valence-corrected chi connectivity index (χ0v) is 20.9. The first-order valence-corrected chi connectivity index (χ1v) is 12.8. The van der Waals surface area contributed by atoms with Crippen LogP contribution in [0.2, 0.25) is 0 Å². The summed E-state index contributed by atoms with van der Waals surface area (Å²) in [6.45, 7) is 9.08. The van der Waals surface area contributed by atoms with Gasteiger partial charge in [-0.25, -0.2) is 0 Å². The molecule has 5 rings (SSSR count). The number of nitrogens with one attached hydrogen (secondary N) is 1. The molecular formula is C28H30N4O2S. The molecule has 35 heavy (non-hydrogen) atoms. The molecule has 4 aromatic rings. The number of anilines is 1. The van der Waals surface area contributed by atoms with Gasteiger partial charge in [0, 0.05) is 55.6 Å². The number of rotatable bonds is 7. The highest BCUT2D eigenvalue weighted by molar-refractivity contribution is 7.16. The molecule has 1 fully saturated rings. The van der Waals surface area contributed by atoms with E-state index in [0.29, 0.717) is 5.76 Å². The van der Waals surface area contributed by atoms with Crippen molar-refractivity contribution in [2.45, 2.75) is 26.4 Å². The fraction of sp³-hybridized carbons (Fsp3) is 0.286. The summed E-state index contributed by atoms with van der Waals surface area (Å²) in [5.74, 6) is 0.0854. The zero-order chi connectivity index (χ0) is 24.2. The number of aromatic nitrogens is 1. The van der Waals surface area contributed by atoms with Crippen molar-refractivity contribution in [1.82, 2.24) is 14.8 Å². The molecule has 4 heterocycles. The van der Waals surface area contributed by atoms with Crippen LogP contribution in [0.1, 0.15) is 43.7 Å². The van der Waals surface area contributed by atoms with Gasteiger partial charge in [-0.1, -0.05) is 36.4 Å². The van der Waals surface area contributed by atoms with Crippen molar-refractivity contribution < 1.29 is 9.21 Å². The molecule has 180 valence electrons. The number of thiophene rings is 1. The van der Waals surface area contributed by atoms with Gasteiger partial charge in [-0.3, -0.25) is 19.6 Å². The van der Waals surface area contributed by atoms with Gasteiger partial charge < -0.3 is 9.73 Å². The number of aryl methyl sites for hydroxylation is 1. The number of carbonyl (C=O) groups excluding carboxylic acids is 1. The van der Waals surface area contributed by atoms with E-state index in [1.54, 1.807) is 23.5 Å². The van der Waals surface area contributed by atoms with Gasteiger partial charge in [-0.05, 0) is 48.7 Å².